The average molecular weight is 304 g/mol. The maximum absolute atomic E-state index is 10.8. The molecule has 0 aromatic rings. The van der Waals surface area contributed by atoms with Crippen LogP contribution in [0, 0.1) is 23.2 Å². The summed E-state index contributed by atoms with van der Waals surface area (Å²) in [6.45, 7) is 11.2. The molecule has 0 radical (unpaired) electrons. The summed E-state index contributed by atoms with van der Waals surface area (Å²) in [5.41, 5.74) is 4.02. The largest absolute Gasteiger partial charge is 0.390 e. The van der Waals surface area contributed by atoms with Crippen LogP contribution in [0.5, 0.6) is 0 Å². The number of hydrogen-bond acceptors (Lipinski definition) is 2. The van der Waals surface area contributed by atoms with Crippen LogP contribution in [0.2, 0.25) is 0 Å². The third-order valence-corrected chi connectivity index (χ3v) is 6.97. The second-order valence-corrected chi connectivity index (χ2v) is 8.44. The molecular formula is C20H32O2. The molecule has 0 amide bonds. The van der Waals surface area contributed by atoms with Crippen molar-refractivity contribution in [2.75, 3.05) is 0 Å². The molecule has 2 N–H and O–H groups in total. The fourth-order valence-corrected chi connectivity index (χ4v) is 5.40. The summed E-state index contributed by atoms with van der Waals surface area (Å²) in [6, 6.07) is 0. The van der Waals surface area contributed by atoms with Gasteiger partial charge in [0.05, 0.1) is 12.2 Å². The minimum Gasteiger partial charge on any atom is -0.390 e. The zero-order chi connectivity index (χ0) is 16.1. The Hall–Kier alpha value is -0.600. The zero-order valence-electron chi connectivity index (χ0n) is 14.4. The molecule has 0 saturated heterocycles. The van der Waals surface area contributed by atoms with Gasteiger partial charge in [-0.25, -0.2) is 0 Å². The van der Waals surface area contributed by atoms with Gasteiger partial charge in [-0.1, -0.05) is 50.0 Å². The van der Waals surface area contributed by atoms with Gasteiger partial charge in [0.2, 0.25) is 0 Å². The second-order valence-electron chi connectivity index (χ2n) is 8.44. The lowest BCUT2D eigenvalue weighted by molar-refractivity contribution is -0.109. The van der Waals surface area contributed by atoms with Gasteiger partial charge >= 0.3 is 0 Å². The standard InChI is InChI=1S/C20H32O2/c1-12-6-5-7-13(2)15-10-11-20(4)17(15)14(3)16(9-8-12)18(21)19(20)22/h12,16-19,21-22H,3,5-11H2,1-2,4H3/b15-13-/t12?,16-,17+,18-,19-,20-/m0/s1. The van der Waals surface area contributed by atoms with Crippen molar-refractivity contribution in [3.8, 4) is 0 Å². The molecule has 2 fully saturated rings. The topological polar surface area (TPSA) is 40.5 Å². The summed E-state index contributed by atoms with van der Waals surface area (Å²) >= 11 is 0. The Morgan fingerprint density at radius 3 is 2.59 bits per heavy atom. The van der Waals surface area contributed by atoms with Crippen LogP contribution >= 0.6 is 0 Å². The Morgan fingerprint density at radius 2 is 1.86 bits per heavy atom. The first kappa shape index (κ1) is 16.3. The van der Waals surface area contributed by atoms with Gasteiger partial charge in [-0.2, -0.15) is 0 Å². The predicted molar refractivity (Wildman–Crippen MR) is 90.4 cm³/mol. The molecule has 0 aromatic heterocycles. The quantitative estimate of drug-likeness (QED) is 0.658. The summed E-state index contributed by atoms with van der Waals surface area (Å²) in [7, 11) is 0. The molecule has 3 aliphatic carbocycles. The highest BCUT2D eigenvalue weighted by Crippen LogP contribution is 2.59. The Balaban J connectivity index is 2.04. The summed E-state index contributed by atoms with van der Waals surface area (Å²) in [5, 5.41) is 21.6. The van der Waals surface area contributed by atoms with Gasteiger partial charge < -0.3 is 10.2 Å². The van der Waals surface area contributed by atoms with E-state index in [2.05, 4.69) is 27.4 Å². The van der Waals surface area contributed by atoms with Crippen molar-refractivity contribution in [1.82, 2.24) is 0 Å². The van der Waals surface area contributed by atoms with Crippen LogP contribution in [0.25, 0.3) is 0 Å². The Bertz CT molecular complexity index is 492. The number of fused-ring (bicyclic) bond motifs is 1. The molecular weight excluding hydrogens is 272 g/mol. The van der Waals surface area contributed by atoms with Gasteiger partial charge in [0.1, 0.15) is 0 Å². The van der Waals surface area contributed by atoms with Crippen molar-refractivity contribution in [3.05, 3.63) is 23.3 Å². The van der Waals surface area contributed by atoms with Gasteiger partial charge in [-0.3, -0.25) is 0 Å². The number of rotatable bonds is 0. The van der Waals surface area contributed by atoms with Crippen LogP contribution in [0.15, 0.2) is 23.3 Å². The van der Waals surface area contributed by atoms with Gasteiger partial charge in [0.15, 0.2) is 0 Å². The van der Waals surface area contributed by atoms with Crippen molar-refractivity contribution in [2.45, 2.75) is 77.9 Å². The first-order valence-electron chi connectivity index (χ1n) is 9.09. The van der Waals surface area contributed by atoms with Gasteiger partial charge in [-0.15, -0.1) is 0 Å². The van der Waals surface area contributed by atoms with Gasteiger partial charge in [0, 0.05) is 17.3 Å². The maximum atomic E-state index is 10.8. The summed E-state index contributed by atoms with van der Waals surface area (Å²) in [4.78, 5) is 0. The molecule has 2 heteroatoms. The fourth-order valence-electron chi connectivity index (χ4n) is 5.40. The predicted octanol–water partition coefficient (Wildman–Crippen LogP) is 4.23. The van der Waals surface area contributed by atoms with E-state index in [1.807, 2.05) is 0 Å². The first-order valence-corrected chi connectivity index (χ1v) is 9.09. The average Bonchev–Trinajstić information content (AvgIpc) is 2.83. The summed E-state index contributed by atoms with van der Waals surface area (Å²) in [5.74, 6) is 1.04. The zero-order valence-corrected chi connectivity index (χ0v) is 14.4. The van der Waals surface area contributed by atoms with E-state index in [0.717, 1.165) is 25.7 Å². The van der Waals surface area contributed by atoms with Gasteiger partial charge in [0.25, 0.3) is 0 Å². The summed E-state index contributed by atoms with van der Waals surface area (Å²) < 4.78 is 0. The van der Waals surface area contributed by atoms with E-state index in [-0.39, 0.29) is 17.3 Å². The molecule has 0 heterocycles. The molecule has 3 aliphatic rings. The number of aliphatic hydroxyl groups is 2. The molecule has 2 nitrogen and oxygen atoms in total. The van der Waals surface area contributed by atoms with E-state index in [0.29, 0.717) is 5.92 Å². The first-order chi connectivity index (χ1) is 10.4. The van der Waals surface area contributed by atoms with E-state index in [4.69, 9.17) is 0 Å². The molecule has 0 spiro atoms. The lowest BCUT2D eigenvalue weighted by Gasteiger charge is -2.49. The van der Waals surface area contributed by atoms with E-state index in [1.165, 1.54) is 36.0 Å². The van der Waals surface area contributed by atoms with Crippen molar-refractivity contribution < 1.29 is 10.2 Å². The normalized spacial score (nSPS) is 49.9. The summed E-state index contributed by atoms with van der Waals surface area (Å²) in [6.07, 6.45) is 6.61. The molecule has 22 heavy (non-hydrogen) atoms. The monoisotopic (exact) mass is 304 g/mol. The van der Waals surface area contributed by atoms with Crippen molar-refractivity contribution in [3.63, 3.8) is 0 Å². The van der Waals surface area contributed by atoms with Gasteiger partial charge in [-0.05, 0) is 44.9 Å². The smallest absolute Gasteiger partial charge is 0.0869 e. The lowest BCUT2D eigenvalue weighted by Crippen LogP contribution is -2.53. The minimum absolute atomic E-state index is 0.0644. The van der Waals surface area contributed by atoms with Crippen molar-refractivity contribution in [2.24, 2.45) is 23.2 Å². The fraction of sp³-hybridized carbons (Fsp3) is 0.800. The highest BCUT2D eigenvalue weighted by Gasteiger charge is 2.56. The van der Waals surface area contributed by atoms with Crippen LogP contribution in [0.4, 0.5) is 0 Å². The molecule has 1 unspecified atom stereocenters. The molecule has 2 bridgehead atoms. The molecule has 0 aliphatic heterocycles. The highest BCUT2D eigenvalue weighted by molar-refractivity contribution is 5.36. The van der Waals surface area contributed by atoms with Crippen LogP contribution in [0.3, 0.4) is 0 Å². The third kappa shape index (κ3) is 2.39. The van der Waals surface area contributed by atoms with E-state index < -0.39 is 12.2 Å². The number of aliphatic hydroxyl groups excluding tert-OH is 2. The Morgan fingerprint density at radius 1 is 1.14 bits per heavy atom. The van der Waals surface area contributed by atoms with Crippen LogP contribution in [-0.4, -0.2) is 22.4 Å². The Kier molecular flexibility index (Phi) is 4.28. The molecule has 0 aromatic carbocycles. The minimum atomic E-state index is -0.638. The molecule has 6 atom stereocenters. The number of hydrogen-bond donors (Lipinski definition) is 2. The second kappa shape index (κ2) is 5.79. The molecule has 124 valence electrons. The maximum Gasteiger partial charge on any atom is 0.0869 e. The van der Waals surface area contributed by atoms with Crippen LogP contribution in [0.1, 0.15) is 65.7 Å². The van der Waals surface area contributed by atoms with Crippen molar-refractivity contribution >= 4 is 0 Å². The van der Waals surface area contributed by atoms with E-state index >= 15 is 0 Å². The van der Waals surface area contributed by atoms with Crippen LogP contribution in [-0.2, 0) is 0 Å². The number of allylic oxidation sites excluding steroid dienone is 2. The van der Waals surface area contributed by atoms with E-state index in [1.54, 1.807) is 0 Å². The molecule has 2 saturated carbocycles. The third-order valence-electron chi connectivity index (χ3n) is 6.97. The Labute approximate surface area is 135 Å². The van der Waals surface area contributed by atoms with Crippen molar-refractivity contribution in [1.29, 1.82) is 0 Å². The molecule has 3 rings (SSSR count). The SMILES string of the molecule is C=C1[C@@H]2/C3=C(/C)CCCC(C)CC[C@@H]1[C@H](O)[C@H](O)[C@@]2(C)CC3. The lowest BCUT2D eigenvalue weighted by atomic mass is 9.59. The highest BCUT2D eigenvalue weighted by atomic mass is 16.3. The van der Waals surface area contributed by atoms with Crippen LogP contribution < -0.4 is 0 Å². The van der Waals surface area contributed by atoms with E-state index in [9.17, 15) is 10.2 Å².